The molecule has 3 saturated heterocycles. The number of piperidine rings is 1. The Morgan fingerprint density at radius 1 is 1.30 bits per heavy atom. The average molecular weight is 438 g/mol. The van der Waals surface area contributed by atoms with Crippen molar-refractivity contribution in [2.24, 2.45) is 5.92 Å². The molecule has 27 heavy (non-hydrogen) atoms. The van der Waals surface area contributed by atoms with Gasteiger partial charge in [-0.3, -0.25) is 9.59 Å². The fraction of sp³-hybridized carbons (Fsp3) is 0.875. The van der Waals surface area contributed by atoms with Crippen LogP contribution in [0.2, 0.25) is 0 Å². The van der Waals surface area contributed by atoms with E-state index in [1.807, 2.05) is 11.8 Å². The molecule has 0 saturated carbocycles. The summed E-state index contributed by atoms with van der Waals surface area (Å²) in [5, 5.41) is 14.8. The number of carbonyl (C=O) groups excluding carboxylic acids is 1. The molecule has 0 radical (unpaired) electrons. The van der Waals surface area contributed by atoms with Crippen molar-refractivity contribution in [3.63, 3.8) is 0 Å². The van der Waals surface area contributed by atoms with Crippen molar-refractivity contribution >= 4 is 45.4 Å². The van der Waals surface area contributed by atoms with Gasteiger partial charge < -0.3 is 15.7 Å². The van der Waals surface area contributed by atoms with Gasteiger partial charge in [0, 0.05) is 18.3 Å². The maximum atomic E-state index is 12.4. The molecule has 3 aliphatic rings. The Kier molecular flexibility index (Phi) is 6.99. The van der Waals surface area contributed by atoms with E-state index in [1.54, 1.807) is 11.8 Å². The number of hydrogen-bond donors (Lipinski definition) is 4. The number of sulfonamides is 1. The second-order valence-electron chi connectivity index (χ2n) is 7.44. The van der Waals surface area contributed by atoms with Crippen molar-refractivity contribution in [1.82, 2.24) is 15.4 Å². The number of rotatable bonds is 7. The first-order chi connectivity index (χ1) is 12.8. The van der Waals surface area contributed by atoms with Crippen LogP contribution in [0, 0.1) is 5.92 Å². The Bertz CT molecular complexity index is 654. The van der Waals surface area contributed by atoms with E-state index in [0.717, 1.165) is 25.8 Å². The Morgan fingerprint density at radius 2 is 2.07 bits per heavy atom. The highest BCUT2D eigenvalue weighted by atomic mass is 32.2. The number of thioether (sulfide) groups is 2. The van der Waals surface area contributed by atoms with Crippen LogP contribution in [0.5, 0.6) is 0 Å². The van der Waals surface area contributed by atoms with E-state index < -0.39 is 27.3 Å². The highest BCUT2D eigenvalue weighted by Crippen LogP contribution is 2.53. The van der Waals surface area contributed by atoms with Gasteiger partial charge in [0.05, 0.1) is 15.1 Å². The van der Waals surface area contributed by atoms with Crippen LogP contribution < -0.4 is 15.4 Å². The first-order valence-corrected chi connectivity index (χ1v) is 12.7. The molecule has 3 fully saturated rings. The average Bonchev–Trinajstić information content (AvgIpc) is 3.16. The molecule has 4 N–H and O–H groups in total. The first kappa shape index (κ1) is 21.2. The largest absolute Gasteiger partial charge is 0.480 e. The van der Waals surface area contributed by atoms with Gasteiger partial charge in [0.1, 0.15) is 6.04 Å². The molecular formula is C16H27N3O5S3. The third kappa shape index (κ3) is 5.31. The predicted octanol–water partition coefficient (Wildman–Crippen LogP) is 0.200. The molecule has 0 aromatic carbocycles. The maximum Gasteiger partial charge on any atom is 0.323 e. The topological polar surface area (TPSA) is 125 Å². The van der Waals surface area contributed by atoms with Gasteiger partial charge in [-0.25, -0.2) is 8.42 Å². The van der Waals surface area contributed by atoms with Crippen LogP contribution in [0.4, 0.5) is 0 Å². The summed E-state index contributed by atoms with van der Waals surface area (Å²) in [4.78, 5) is 23.9. The standard InChI is InChI=1S/C16H27N3O5S3/c1-9-5-10-6-13(26-16(10)25-9)14(20)18-8-12(15(21)22)19-27(23,24)11-3-2-4-17-7-11/h9-13,16-17,19H,2-8H2,1H3,(H,18,20)(H,21,22). The number of carbonyl (C=O) groups is 2. The highest BCUT2D eigenvalue weighted by Gasteiger charge is 2.44. The van der Waals surface area contributed by atoms with Crippen LogP contribution in [-0.2, 0) is 19.6 Å². The Balaban J connectivity index is 1.51. The van der Waals surface area contributed by atoms with Crippen molar-refractivity contribution in [3.05, 3.63) is 0 Å². The summed E-state index contributed by atoms with van der Waals surface area (Å²) in [5.41, 5.74) is 0. The minimum Gasteiger partial charge on any atom is -0.480 e. The molecule has 3 rings (SSSR count). The van der Waals surface area contributed by atoms with Crippen LogP contribution in [0.15, 0.2) is 0 Å². The van der Waals surface area contributed by atoms with Crippen LogP contribution in [-0.4, -0.2) is 71.4 Å². The quantitative estimate of drug-likeness (QED) is 0.445. The number of aliphatic carboxylic acids is 1. The van der Waals surface area contributed by atoms with Crippen LogP contribution in [0.25, 0.3) is 0 Å². The molecule has 6 unspecified atom stereocenters. The van der Waals surface area contributed by atoms with Gasteiger partial charge in [-0.1, -0.05) is 6.92 Å². The minimum absolute atomic E-state index is 0.186. The molecule has 0 bridgehead atoms. The van der Waals surface area contributed by atoms with Crippen LogP contribution in [0.3, 0.4) is 0 Å². The van der Waals surface area contributed by atoms with E-state index in [9.17, 15) is 23.1 Å². The van der Waals surface area contributed by atoms with Gasteiger partial charge in [0.15, 0.2) is 0 Å². The molecule has 154 valence electrons. The Labute approximate surface area is 168 Å². The molecule has 8 nitrogen and oxygen atoms in total. The lowest BCUT2D eigenvalue weighted by Gasteiger charge is -2.25. The van der Waals surface area contributed by atoms with E-state index >= 15 is 0 Å². The molecule has 0 aliphatic carbocycles. The SMILES string of the molecule is CC1CC2CC(C(=O)NCC(NS(=O)(=O)C3CCCNC3)C(=O)O)SC2S1. The minimum atomic E-state index is -3.77. The lowest BCUT2D eigenvalue weighted by Crippen LogP contribution is -2.53. The van der Waals surface area contributed by atoms with Gasteiger partial charge in [-0.05, 0) is 38.1 Å². The van der Waals surface area contributed by atoms with E-state index in [-0.39, 0.29) is 17.7 Å². The van der Waals surface area contributed by atoms with Crippen molar-refractivity contribution in [2.45, 2.75) is 59.0 Å². The fourth-order valence-corrected chi connectivity index (χ4v) is 9.23. The van der Waals surface area contributed by atoms with Gasteiger partial charge in [-0.15, -0.1) is 23.5 Å². The summed E-state index contributed by atoms with van der Waals surface area (Å²) in [7, 11) is -3.77. The number of fused-ring (bicyclic) bond motifs is 1. The molecular weight excluding hydrogens is 410 g/mol. The molecule has 3 aliphatic heterocycles. The van der Waals surface area contributed by atoms with Gasteiger partial charge >= 0.3 is 5.97 Å². The van der Waals surface area contributed by atoms with Crippen LogP contribution >= 0.6 is 23.5 Å². The Morgan fingerprint density at radius 3 is 2.70 bits per heavy atom. The highest BCUT2D eigenvalue weighted by molar-refractivity contribution is 8.18. The summed E-state index contributed by atoms with van der Waals surface area (Å²) in [6, 6.07) is -1.36. The second-order valence-corrected chi connectivity index (χ2v) is 12.7. The lowest BCUT2D eigenvalue weighted by molar-refractivity contribution is -0.138. The van der Waals surface area contributed by atoms with Crippen molar-refractivity contribution in [1.29, 1.82) is 0 Å². The molecule has 0 aromatic heterocycles. The van der Waals surface area contributed by atoms with Gasteiger partial charge in [0.2, 0.25) is 15.9 Å². The summed E-state index contributed by atoms with van der Waals surface area (Å²) in [5.74, 6) is -0.964. The summed E-state index contributed by atoms with van der Waals surface area (Å²) in [6.07, 6.45) is 3.14. The Hall–Kier alpha value is -0.490. The molecule has 6 atom stereocenters. The lowest BCUT2D eigenvalue weighted by atomic mass is 10.0. The predicted molar refractivity (Wildman–Crippen MR) is 107 cm³/mol. The summed E-state index contributed by atoms with van der Waals surface area (Å²) >= 11 is 3.55. The zero-order valence-corrected chi connectivity index (χ0v) is 17.7. The fourth-order valence-electron chi connectivity index (χ4n) is 3.82. The number of nitrogens with one attached hydrogen (secondary N) is 3. The third-order valence-corrected chi connectivity index (χ3v) is 10.5. The van der Waals surface area contributed by atoms with E-state index in [1.165, 1.54) is 0 Å². The monoisotopic (exact) mass is 437 g/mol. The molecule has 1 amide bonds. The maximum absolute atomic E-state index is 12.4. The number of carboxylic acid groups (broad SMARTS) is 1. The zero-order chi connectivity index (χ0) is 19.6. The van der Waals surface area contributed by atoms with Crippen LogP contribution in [0.1, 0.15) is 32.6 Å². The third-order valence-electron chi connectivity index (χ3n) is 5.27. The smallest absolute Gasteiger partial charge is 0.323 e. The van der Waals surface area contributed by atoms with Gasteiger partial charge in [-0.2, -0.15) is 4.72 Å². The number of amides is 1. The van der Waals surface area contributed by atoms with E-state index in [0.29, 0.717) is 28.7 Å². The molecule has 11 heteroatoms. The van der Waals surface area contributed by atoms with E-state index in [4.69, 9.17) is 0 Å². The summed E-state index contributed by atoms with van der Waals surface area (Å²) < 4.78 is 27.6. The van der Waals surface area contributed by atoms with Crippen molar-refractivity contribution < 1.29 is 23.1 Å². The molecule has 3 heterocycles. The van der Waals surface area contributed by atoms with Gasteiger partial charge in [0.25, 0.3) is 0 Å². The molecule has 0 aromatic rings. The van der Waals surface area contributed by atoms with Crippen molar-refractivity contribution in [3.8, 4) is 0 Å². The first-order valence-electron chi connectivity index (χ1n) is 9.29. The normalized spacial score (nSPS) is 34.8. The number of hydrogen-bond acceptors (Lipinski definition) is 7. The molecule has 0 spiro atoms. The van der Waals surface area contributed by atoms with E-state index in [2.05, 4.69) is 22.3 Å². The summed E-state index contributed by atoms with van der Waals surface area (Å²) in [6.45, 7) is 3.03. The number of carboxylic acids is 1. The second kappa shape index (κ2) is 8.89. The zero-order valence-electron chi connectivity index (χ0n) is 15.2. The van der Waals surface area contributed by atoms with Crippen molar-refractivity contribution in [2.75, 3.05) is 19.6 Å².